The van der Waals surface area contributed by atoms with Gasteiger partial charge in [0.05, 0.1) is 0 Å². The Hall–Kier alpha value is -5.46. The Morgan fingerprint density at radius 2 is 0.455 bits per heavy atom. The molecule has 0 heteroatoms. The van der Waals surface area contributed by atoms with E-state index < -0.39 is 5.41 Å². The van der Waals surface area contributed by atoms with Gasteiger partial charge in [0.1, 0.15) is 0 Å². The van der Waals surface area contributed by atoms with E-state index in [0.29, 0.717) is 0 Å². The summed E-state index contributed by atoms with van der Waals surface area (Å²) in [4.78, 5) is 0. The Morgan fingerprint density at radius 3 is 0.614 bits per heavy atom. The van der Waals surface area contributed by atoms with Crippen LogP contribution in [-0.4, -0.2) is 0 Å². The standard InChI is InChI=1S/C44H36/c1-44(32-41(35-20-8-2-9-21-35)36-22-10-3-11-23-36,33-42(37-24-12-4-13-25-37)38-26-14-5-15-27-38)34-43(39-28-16-6-17-29-39)40-30-18-7-19-31-40/h2-34H,1H3. The van der Waals surface area contributed by atoms with Crippen molar-refractivity contribution in [2.24, 2.45) is 5.41 Å². The first-order chi connectivity index (χ1) is 21.7. The number of allylic oxidation sites excluding steroid dienone is 3. The fourth-order valence-corrected chi connectivity index (χ4v) is 5.76. The Labute approximate surface area is 262 Å². The zero-order valence-electron chi connectivity index (χ0n) is 25.1. The molecule has 6 aromatic rings. The molecule has 0 nitrogen and oxygen atoms in total. The lowest BCUT2D eigenvalue weighted by molar-refractivity contribution is 0.722. The minimum atomic E-state index is -0.497. The predicted octanol–water partition coefficient (Wildman–Crippen LogP) is 11.4. The van der Waals surface area contributed by atoms with Crippen molar-refractivity contribution in [3.05, 3.63) is 234 Å². The molecule has 0 unspecified atom stereocenters. The molecular weight excluding hydrogens is 528 g/mol. The minimum absolute atomic E-state index is 0.497. The van der Waals surface area contributed by atoms with Crippen molar-refractivity contribution < 1.29 is 0 Å². The van der Waals surface area contributed by atoms with E-state index in [4.69, 9.17) is 0 Å². The lowest BCUT2D eigenvalue weighted by atomic mass is 9.78. The number of rotatable bonds is 9. The van der Waals surface area contributed by atoms with E-state index in [1.165, 1.54) is 50.1 Å². The summed E-state index contributed by atoms with van der Waals surface area (Å²) in [6.45, 7) is 2.33. The highest BCUT2D eigenvalue weighted by molar-refractivity contribution is 5.86. The molecule has 0 atom stereocenters. The van der Waals surface area contributed by atoms with Crippen molar-refractivity contribution in [1.82, 2.24) is 0 Å². The molecule has 0 radical (unpaired) electrons. The lowest BCUT2D eigenvalue weighted by Gasteiger charge is -2.26. The highest BCUT2D eigenvalue weighted by Crippen LogP contribution is 2.39. The van der Waals surface area contributed by atoms with Crippen LogP contribution in [0.25, 0.3) is 16.7 Å². The van der Waals surface area contributed by atoms with Crippen LogP contribution in [0.5, 0.6) is 0 Å². The van der Waals surface area contributed by atoms with Gasteiger partial charge in [-0.3, -0.25) is 0 Å². The van der Waals surface area contributed by atoms with E-state index >= 15 is 0 Å². The summed E-state index contributed by atoms with van der Waals surface area (Å²) >= 11 is 0. The predicted molar refractivity (Wildman–Crippen MR) is 188 cm³/mol. The number of benzene rings is 6. The molecule has 0 spiro atoms. The summed E-state index contributed by atoms with van der Waals surface area (Å²) in [5.41, 5.74) is 10.2. The summed E-state index contributed by atoms with van der Waals surface area (Å²) in [5.74, 6) is 0. The maximum Gasteiger partial charge on any atom is 0.0241 e. The van der Waals surface area contributed by atoms with Gasteiger partial charge < -0.3 is 0 Å². The third kappa shape index (κ3) is 6.94. The van der Waals surface area contributed by atoms with Crippen molar-refractivity contribution in [2.75, 3.05) is 0 Å². The first-order valence-corrected chi connectivity index (χ1v) is 15.2. The topological polar surface area (TPSA) is 0 Å². The minimum Gasteiger partial charge on any atom is -0.0625 e. The van der Waals surface area contributed by atoms with Crippen LogP contribution in [-0.2, 0) is 0 Å². The van der Waals surface area contributed by atoms with Gasteiger partial charge in [-0.1, -0.05) is 200 Å². The molecule has 0 heterocycles. The Morgan fingerprint density at radius 1 is 0.295 bits per heavy atom. The molecular formula is C44H36. The monoisotopic (exact) mass is 564 g/mol. The van der Waals surface area contributed by atoms with Crippen LogP contribution in [0.2, 0.25) is 0 Å². The van der Waals surface area contributed by atoms with E-state index in [9.17, 15) is 0 Å². The van der Waals surface area contributed by atoms with Crippen molar-refractivity contribution >= 4 is 16.7 Å². The summed E-state index contributed by atoms with van der Waals surface area (Å²) in [5, 5.41) is 0. The number of hydrogen-bond donors (Lipinski definition) is 0. The van der Waals surface area contributed by atoms with Gasteiger partial charge in [0.15, 0.2) is 0 Å². The largest absolute Gasteiger partial charge is 0.0625 e. The second-order valence-corrected chi connectivity index (χ2v) is 11.2. The van der Waals surface area contributed by atoms with Crippen LogP contribution in [0.15, 0.2) is 200 Å². The second-order valence-electron chi connectivity index (χ2n) is 11.2. The van der Waals surface area contributed by atoms with E-state index in [2.05, 4.69) is 207 Å². The lowest BCUT2D eigenvalue weighted by Crippen LogP contribution is -2.11. The van der Waals surface area contributed by atoms with Gasteiger partial charge in [0.25, 0.3) is 0 Å². The van der Waals surface area contributed by atoms with Crippen LogP contribution < -0.4 is 0 Å². The molecule has 0 aliphatic heterocycles. The van der Waals surface area contributed by atoms with Crippen molar-refractivity contribution in [1.29, 1.82) is 0 Å². The Balaban J connectivity index is 1.68. The summed E-state index contributed by atoms with van der Waals surface area (Å²) in [7, 11) is 0. The molecule has 0 amide bonds. The zero-order valence-corrected chi connectivity index (χ0v) is 25.1. The second kappa shape index (κ2) is 13.7. The summed E-state index contributed by atoms with van der Waals surface area (Å²) in [6, 6.07) is 64.4. The fraction of sp³-hybridized carbons (Fsp3) is 0.0455. The molecule has 0 aliphatic carbocycles. The van der Waals surface area contributed by atoms with Gasteiger partial charge in [-0.25, -0.2) is 0 Å². The third-order valence-corrected chi connectivity index (χ3v) is 7.87. The summed E-state index contributed by atoms with van der Waals surface area (Å²) < 4.78 is 0. The van der Waals surface area contributed by atoms with E-state index in [-0.39, 0.29) is 0 Å². The molecule has 0 N–H and O–H groups in total. The van der Waals surface area contributed by atoms with E-state index in [1.807, 2.05) is 0 Å². The van der Waals surface area contributed by atoms with Crippen molar-refractivity contribution in [3.63, 3.8) is 0 Å². The van der Waals surface area contributed by atoms with Crippen molar-refractivity contribution in [3.8, 4) is 0 Å². The molecule has 0 saturated heterocycles. The molecule has 44 heavy (non-hydrogen) atoms. The molecule has 6 aromatic carbocycles. The molecule has 0 aromatic heterocycles. The first-order valence-electron chi connectivity index (χ1n) is 15.2. The van der Waals surface area contributed by atoms with Crippen LogP contribution in [0.3, 0.4) is 0 Å². The van der Waals surface area contributed by atoms with Gasteiger partial charge >= 0.3 is 0 Å². The molecule has 212 valence electrons. The molecule has 0 aliphatic rings. The highest BCUT2D eigenvalue weighted by Gasteiger charge is 2.23. The Kier molecular flexibility index (Phi) is 8.90. The fourth-order valence-electron chi connectivity index (χ4n) is 5.76. The van der Waals surface area contributed by atoms with E-state index in [0.717, 1.165) is 0 Å². The first kappa shape index (κ1) is 28.6. The smallest absolute Gasteiger partial charge is 0.0241 e. The molecule has 0 bridgehead atoms. The quantitative estimate of drug-likeness (QED) is 0.164. The zero-order chi connectivity index (χ0) is 30.0. The maximum atomic E-state index is 2.44. The van der Waals surface area contributed by atoms with Gasteiger partial charge in [-0.15, -0.1) is 0 Å². The number of hydrogen-bond acceptors (Lipinski definition) is 0. The third-order valence-electron chi connectivity index (χ3n) is 7.87. The van der Waals surface area contributed by atoms with Crippen LogP contribution >= 0.6 is 0 Å². The van der Waals surface area contributed by atoms with E-state index in [1.54, 1.807) is 0 Å². The average Bonchev–Trinajstić information content (AvgIpc) is 3.11. The molecule has 0 fully saturated rings. The summed E-state index contributed by atoms with van der Waals surface area (Å²) in [6.07, 6.45) is 7.32. The van der Waals surface area contributed by atoms with Gasteiger partial charge in [-0.2, -0.15) is 0 Å². The Bertz CT molecular complexity index is 1500. The van der Waals surface area contributed by atoms with Gasteiger partial charge in [0.2, 0.25) is 0 Å². The normalized spacial score (nSPS) is 10.8. The highest BCUT2D eigenvalue weighted by atomic mass is 14.3. The van der Waals surface area contributed by atoms with Crippen LogP contribution in [0.4, 0.5) is 0 Å². The maximum absolute atomic E-state index is 2.44. The molecule has 0 saturated carbocycles. The van der Waals surface area contributed by atoms with Crippen molar-refractivity contribution in [2.45, 2.75) is 6.92 Å². The van der Waals surface area contributed by atoms with Gasteiger partial charge in [-0.05, 0) is 57.0 Å². The average molecular weight is 565 g/mol. The SMILES string of the molecule is CC(C=C(c1ccccc1)c1ccccc1)(C=C(c1ccccc1)c1ccccc1)C=C(c1ccccc1)c1ccccc1. The van der Waals surface area contributed by atoms with Gasteiger partial charge in [0, 0.05) is 5.41 Å². The van der Waals surface area contributed by atoms with Crippen LogP contribution in [0.1, 0.15) is 40.3 Å². The molecule has 6 rings (SSSR count). The van der Waals surface area contributed by atoms with Crippen LogP contribution in [0, 0.1) is 5.41 Å².